The second kappa shape index (κ2) is 4.63. The number of carbonyl (C=O) groups excluding carboxylic acids is 2. The van der Waals surface area contributed by atoms with Gasteiger partial charge in [-0.25, -0.2) is 0 Å². The second-order valence-corrected chi connectivity index (χ2v) is 5.51. The predicted octanol–water partition coefficient (Wildman–Crippen LogP) is 1.08. The van der Waals surface area contributed by atoms with E-state index >= 15 is 0 Å². The first-order chi connectivity index (χ1) is 9.26. The van der Waals surface area contributed by atoms with Crippen LogP contribution in [0.15, 0.2) is 24.3 Å². The van der Waals surface area contributed by atoms with Crippen LogP contribution in [-0.2, 0) is 9.59 Å². The molecular formula is C14H16N2O4. The molecule has 0 aromatic heterocycles. The van der Waals surface area contributed by atoms with E-state index in [9.17, 15) is 14.4 Å². The minimum Gasteiger partial charge on any atom is -0.481 e. The van der Waals surface area contributed by atoms with Crippen molar-refractivity contribution in [3.63, 3.8) is 0 Å². The van der Waals surface area contributed by atoms with Crippen molar-refractivity contribution in [3.05, 3.63) is 29.8 Å². The summed E-state index contributed by atoms with van der Waals surface area (Å²) in [5.74, 6) is -3.36. The van der Waals surface area contributed by atoms with Gasteiger partial charge in [0.25, 0.3) is 5.91 Å². The lowest BCUT2D eigenvalue weighted by atomic mass is 10.1. The molecule has 6 heteroatoms. The molecule has 1 aliphatic carbocycles. The van der Waals surface area contributed by atoms with Crippen molar-refractivity contribution in [2.24, 2.45) is 23.0 Å². The highest BCUT2D eigenvalue weighted by atomic mass is 16.4. The van der Waals surface area contributed by atoms with Crippen molar-refractivity contribution in [1.29, 1.82) is 0 Å². The van der Waals surface area contributed by atoms with E-state index in [1.807, 2.05) is 0 Å². The molecule has 0 heterocycles. The van der Waals surface area contributed by atoms with Crippen LogP contribution in [0.2, 0.25) is 0 Å². The zero-order valence-electron chi connectivity index (χ0n) is 11.2. The number of amides is 2. The number of benzene rings is 1. The monoisotopic (exact) mass is 276 g/mol. The van der Waals surface area contributed by atoms with Crippen LogP contribution >= 0.6 is 0 Å². The summed E-state index contributed by atoms with van der Waals surface area (Å²) in [5.41, 5.74) is 5.14. The molecule has 0 radical (unpaired) electrons. The first kappa shape index (κ1) is 14.0. The van der Waals surface area contributed by atoms with Gasteiger partial charge in [0, 0.05) is 0 Å². The standard InChI is InChI=1S/C14H16N2O4/c1-14(2)9(10(14)13(19)20)12(18)16-8-6-4-3-5-7(8)11(15)17/h3-6,9-10H,1-2H3,(H2,15,17)(H,16,18)(H,19,20)/t9-,10+/m1/s1. The van der Waals surface area contributed by atoms with Crippen LogP contribution < -0.4 is 11.1 Å². The quantitative estimate of drug-likeness (QED) is 0.764. The van der Waals surface area contributed by atoms with Crippen molar-refractivity contribution in [1.82, 2.24) is 0 Å². The smallest absolute Gasteiger partial charge is 0.307 e. The average Bonchev–Trinajstić information content (AvgIpc) is 2.93. The Morgan fingerprint density at radius 3 is 2.30 bits per heavy atom. The Morgan fingerprint density at radius 2 is 1.80 bits per heavy atom. The zero-order chi connectivity index (χ0) is 15.1. The lowest BCUT2D eigenvalue weighted by molar-refractivity contribution is -0.140. The van der Waals surface area contributed by atoms with E-state index in [1.165, 1.54) is 6.07 Å². The van der Waals surface area contributed by atoms with Crippen LogP contribution in [0.1, 0.15) is 24.2 Å². The van der Waals surface area contributed by atoms with Gasteiger partial charge in [-0.15, -0.1) is 0 Å². The molecule has 1 aliphatic rings. The maximum absolute atomic E-state index is 12.2. The van der Waals surface area contributed by atoms with E-state index in [1.54, 1.807) is 32.0 Å². The summed E-state index contributed by atoms with van der Waals surface area (Å²) >= 11 is 0. The number of anilines is 1. The summed E-state index contributed by atoms with van der Waals surface area (Å²) in [5, 5.41) is 11.7. The minimum absolute atomic E-state index is 0.200. The number of nitrogens with two attached hydrogens (primary N) is 1. The summed E-state index contributed by atoms with van der Waals surface area (Å²) in [4.78, 5) is 34.5. The maximum Gasteiger partial charge on any atom is 0.307 e. The Kier molecular flexibility index (Phi) is 3.25. The van der Waals surface area contributed by atoms with Crippen LogP contribution in [0, 0.1) is 17.3 Å². The Morgan fingerprint density at radius 1 is 1.20 bits per heavy atom. The highest BCUT2D eigenvalue weighted by Gasteiger charge is 2.65. The normalized spacial score (nSPS) is 22.9. The SMILES string of the molecule is CC1(C)[C@H](C(=O)O)[C@@H]1C(=O)Nc1ccccc1C(N)=O. The molecule has 1 aromatic carbocycles. The van der Waals surface area contributed by atoms with Crippen LogP contribution in [0.25, 0.3) is 0 Å². The van der Waals surface area contributed by atoms with E-state index in [0.29, 0.717) is 5.69 Å². The Hall–Kier alpha value is -2.37. The summed E-state index contributed by atoms with van der Waals surface area (Å²) in [6.07, 6.45) is 0. The minimum atomic E-state index is -0.988. The van der Waals surface area contributed by atoms with Gasteiger partial charge in [-0.1, -0.05) is 26.0 Å². The average molecular weight is 276 g/mol. The van der Waals surface area contributed by atoms with E-state index in [4.69, 9.17) is 10.8 Å². The summed E-state index contributed by atoms with van der Waals surface area (Å²) in [6.45, 7) is 3.46. The molecule has 4 N–H and O–H groups in total. The molecule has 2 rings (SSSR count). The maximum atomic E-state index is 12.2. The third-order valence-corrected chi connectivity index (χ3v) is 3.83. The fourth-order valence-corrected chi connectivity index (χ4v) is 2.61. The largest absolute Gasteiger partial charge is 0.481 e. The van der Waals surface area contributed by atoms with Gasteiger partial charge in [0.15, 0.2) is 0 Å². The Balaban J connectivity index is 2.18. The van der Waals surface area contributed by atoms with Gasteiger partial charge >= 0.3 is 5.97 Å². The number of carbonyl (C=O) groups is 3. The molecule has 1 saturated carbocycles. The molecule has 2 atom stereocenters. The molecule has 0 unspecified atom stereocenters. The fourth-order valence-electron chi connectivity index (χ4n) is 2.61. The van der Waals surface area contributed by atoms with Crippen molar-refractivity contribution < 1.29 is 19.5 Å². The van der Waals surface area contributed by atoms with Gasteiger partial charge in [-0.3, -0.25) is 14.4 Å². The molecule has 0 bridgehead atoms. The number of primary amides is 1. The summed E-state index contributed by atoms with van der Waals surface area (Å²) in [6, 6.07) is 6.36. The first-order valence-corrected chi connectivity index (χ1v) is 6.19. The van der Waals surface area contributed by atoms with Crippen LogP contribution in [0.3, 0.4) is 0 Å². The van der Waals surface area contributed by atoms with Crippen LogP contribution in [0.5, 0.6) is 0 Å². The third kappa shape index (κ3) is 2.24. The molecule has 106 valence electrons. The van der Waals surface area contributed by atoms with E-state index in [0.717, 1.165) is 0 Å². The van der Waals surface area contributed by atoms with Gasteiger partial charge in [0.05, 0.1) is 23.1 Å². The first-order valence-electron chi connectivity index (χ1n) is 6.19. The third-order valence-electron chi connectivity index (χ3n) is 3.83. The molecule has 20 heavy (non-hydrogen) atoms. The van der Waals surface area contributed by atoms with E-state index < -0.39 is 35.0 Å². The van der Waals surface area contributed by atoms with Gasteiger partial charge in [-0.05, 0) is 17.5 Å². The number of hydrogen-bond donors (Lipinski definition) is 3. The van der Waals surface area contributed by atoms with Crippen molar-refractivity contribution in [3.8, 4) is 0 Å². The van der Waals surface area contributed by atoms with Crippen LogP contribution in [-0.4, -0.2) is 22.9 Å². The number of nitrogens with one attached hydrogen (secondary N) is 1. The lowest BCUT2D eigenvalue weighted by Gasteiger charge is -2.09. The number of para-hydroxylation sites is 1. The zero-order valence-corrected chi connectivity index (χ0v) is 11.2. The van der Waals surface area contributed by atoms with Gasteiger partial charge in [0.1, 0.15) is 0 Å². The molecule has 6 nitrogen and oxygen atoms in total. The lowest BCUT2D eigenvalue weighted by Crippen LogP contribution is -2.21. The van der Waals surface area contributed by atoms with Gasteiger partial charge in [-0.2, -0.15) is 0 Å². The Labute approximate surface area is 116 Å². The molecular weight excluding hydrogens is 260 g/mol. The van der Waals surface area contributed by atoms with Gasteiger partial charge < -0.3 is 16.2 Å². The number of aliphatic carboxylic acids is 1. The number of rotatable bonds is 4. The van der Waals surface area contributed by atoms with Crippen molar-refractivity contribution >= 4 is 23.5 Å². The summed E-state index contributed by atoms with van der Waals surface area (Å²) in [7, 11) is 0. The predicted molar refractivity (Wildman–Crippen MR) is 72.0 cm³/mol. The highest BCUT2D eigenvalue weighted by molar-refractivity contribution is 6.05. The number of carboxylic acids is 1. The Bertz CT molecular complexity index is 595. The summed E-state index contributed by atoms with van der Waals surface area (Å²) < 4.78 is 0. The van der Waals surface area contributed by atoms with Crippen molar-refractivity contribution in [2.45, 2.75) is 13.8 Å². The molecule has 0 saturated heterocycles. The molecule has 1 aromatic rings. The van der Waals surface area contributed by atoms with Crippen LogP contribution in [0.4, 0.5) is 5.69 Å². The van der Waals surface area contributed by atoms with E-state index in [2.05, 4.69) is 5.32 Å². The highest BCUT2D eigenvalue weighted by Crippen LogP contribution is 2.58. The topological polar surface area (TPSA) is 109 Å². The van der Waals surface area contributed by atoms with E-state index in [-0.39, 0.29) is 5.56 Å². The fraction of sp³-hybridized carbons (Fsp3) is 0.357. The molecule has 1 fully saturated rings. The number of hydrogen-bond acceptors (Lipinski definition) is 3. The second-order valence-electron chi connectivity index (χ2n) is 5.51. The van der Waals surface area contributed by atoms with Gasteiger partial charge in [0.2, 0.25) is 5.91 Å². The molecule has 0 spiro atoms. The van der Waals surface area contributed by atoms with Crippen molar-refractivity contribution in [2.75, 3.05) is 5.32 Å². The molecule has 0 aliphatic heterocycles. The number of carboxylic acid groups (broad SMARTS) is 1. The molecule has 2 amide bonds.